The maximum atomic E-state index is 12.4. The van der Waals surface area contributed by atoms with E-state index in [1.807, 2.05) is 25.8 Å². The van der Waals surface area contributed by atoms with Crippen LogP contribution in [0.4, 0.5) is 4.79 Å². The third-order valence-corrected chi connectivity index (χ3v) is 4.75. The van der Waals surface area contributed by atoms with Crippen LogP contribution in [0.15, 0.2) is 24.0 Å². The van der Waals surface area contributed by atoms with Crippen LogP contribution in [-0.2, 0) is 0 Å². The second-order valence-electron chi connectivity index (χ2n) is 5.16. The van der Waals surface area contributed by atoms with Crippen molar-refractivity contribution >= 4 is 45.8 Å². The molecule has 0 aliphatic carbocycles. The second-order valence-corrected chi connectivity index (χ2v) is 7.19. The van der Waals surface area contributed by atoms with E-state index < -0.39 is 0 Å². The third-order valence-electron chi connectivity index (χ3n) is 3.42. The van der Waals surface area contributed by atoms with Gasteiger partial charge >= 0.3 is 5.24 Å². The molecule has 0 saturated heterocycles. The van der Waals surface area contributed by atoms with E-state index in [-0.39, 0.29) is 11.3 Å². The fraction of sp³-hybridized carbons (Fsp3) is 0.400. The molecule has 0 bridgehead atoms. The highest BCUT2D eigenvalue weighted by atomic mass is 35.5. The number of nitrogens with two attached hydrogens (primary N) is 1. The maximum Gasteiger partial charge on any atom is 0.301 e. The van der Waals surface area contributed by atoms with Crippen LogP contribution < -0.4 is 5.73 Å². The molecule has 1 aliphatic rings. The monoisotopic (exact) mass is 359 g/mol. The summed E-state index contributed by atoms with van der Waals surface area (Å²) < 4.78 is 0. The molecular formula is C15H19Cl2N3OS. The lowest BCUT2D eigenvalue weighted by atomic mass is 10.1. The van der Waals surface area contributed by atoms with E-state index in [0.29, 0.717) is 33.7 Å². The van der Waals surface area contributed by atoms with Crippen molar-refractivity contribution in [3.63, 3.8) is 0 Å². The van der Waals surface area contributed by atoms with Gasteiger partial charge in [-0.1, -0.05) is 48.0 Å². The molecule has 1 aromatic carbocycles. The predicted molar refractivity (Wildman–Crippen MR) is 94.8 cm³/mol. The zero-order valence-corrected chi connectivity index (χ0v) is 15.1. The number of halogens is 2. The van der Waals surface area contributed by atoms with Gasteiger partial charge in [0.15, 0.2) is 0 Å². The van der Waals surface area contributed by atoms with Gasteiger partial charge in [-0.2, -0.15) is 0 Å². The van der Waals surface area contributed by atoms with E-state index in [1.165, 1.54) is 16.8 Å². The maximum absolute atomic E-state index is 12.4. The molecule has 2 N–H and O–H groups in total. The van der Waals surface area contributed by atoms with Crippen molar-refractivity contribution in [1.29, 1.82) is 0 Å². The molecular weight excluding hydrogens is 341 g/mol. The van der Waals surface area contributed by atoms with Crippen molar-refractivity contribution in [2.24, 2.45) is 5.73 Å². The Hall–Kier alpha value is -0.880. The molecule has 4 nitrogen and oxygen atoms in total. The van der Waals surface area contributed by atoms with Crippen molar-refractivity contribution < 1.29 is 4.79 Å². The lowest BCUT2D eigenvalue weighted by Crippen LogP contribution is -2.45. The average Bonchev–Trinajstić information content (AvgIpc) is 2.77. The van der Waals surface area contributed by atoms with Crippen LogP contribution in [0.2, 0.25) is 10.0 Å². The Morgan fingerprint density at radius 3 is 2.45 bits per heavy atom. The molecule has 2 rings (SSSR count). The van der Waals surface area contributed by atoms with Gasteiger partial charge in [-0.15, -0.1) is 0 Å². The fourth-order valence-electron chi connectivity index (χ4n) is 2.37. The minimum Gasteiger partial charge on any atom is -0.384 e. The van der Waals surface area contributed by atoms with Crippen molar-refractivity contribution in [1.82, 2.24) is 10.0 Å². The highest BCUT2D eigenvalue weighted by Crippen LogP contribution is 2.38. The van der Waals surface area contributed by atoms with Crippen molar-refractivity contribution in [3.05, 3.63) is 39.6 Å². The quantitative estimate of drug-likeness (QED) is 0.866. The van der Waals surface area contributed by atoms with Gasteiger partial charge in [-0.25, -0.2) is 10.0 Å². The average molecular weight is 360 g/mol. The smallest absolute Gasteiger partial charge is 0.301 e. The van der Waals surface area contributed by atoms with Crippen LogP contribution in [0.25, 0.3) is 5.57 Å². The van der Waals surface area contributed by atoms with E-state index in [0.717, 1.165) is 5.57 Å². The lowest BCUT2D eigenvalue weighted by Gasteiger charge is -2.31. The number of amides is 1. The molecule has 0 fully saturated rings. The van der Waals surface area contributed by atoms with Crippen molar-refractivity contribution in [2.45, 2.75) is 26.8 Å². The number of carbonyl (C=O) groups excluding carboxylic acids is 1. The molecule has 7 heteroatoms. The summed E-state index contributed by atoms with van der Waals surface area (Å²) in [6, 6.07) is 5.46. The highest BCUT2D eigenvalue weighted by molar-refractivity contribution is 8.13. The summed E-state index contributed by atoms with van der Waals surface area (Å²) in [6.45, 7) is 6.47. The van der Waals surface area contributed by atoms with Crippen LogP contribution in [0.5, 0.6) is 0 Å². The molecule has 1 aliphatic heterocycles. The molecule has 1 amide bonds. The minimum atomic E-state index is -0.0909. The van der Waals surface area contributed by atoms with E-state index in [4.69, 9.17) is 28.9 Å². The third kappa shape index (κ3) is 3.23. The fourth-order valence-corrected chi connectivity index (χ4v) is 3.57. The number of hydrazine groups is 1. The van der Waals surface area contributed by atoms with E-state index in [2.05, 4.69) is 0 Å². The Labute approximate surface area is 145 Å². The van der Waals surface area contributed by atoms with Gasteiger partial charge in [0.2, 0.25) is 0 Å². The van der Waals surface area contributed by atoms with Crippen molar-refractivity contribution in [2.75, 3.05) is 12.3 Å². The first kappa shape index (κ1) is 17.5. The molecule has 0 atom stereocenters. The Balaban J connectivity index is 2.50. The van der Waals surface area contributed by atoms with E-state index >= 15 is 0 Å². The zero-order valence-electron chi connectivity index (χ0n) is 12.8. The predicted octanol–water partition coefficient (Wildman–Crippen LogP) is 4.43. The van der Waals surface area contributed by atoms with Crippen LogP contribution in [0.1, 0.15) is 26.3 Å². The molecule has 0 saturated carbocycles. The van der Waals surface area contributed by atoms with Gasteiger partial charge in [0.25, 0.3) is 0 Å². The SMILES string of the molecule is CCSC(=O)N1C(N)=C(c2c(Cl)cccc2Cl)CN1C(C)C. The number of hydrogen-bond acceptors (Lipinski definition) is 4. The Bertz CT molecular complexity index is 599. The summed E-state index contributed by atoms with van der Waals surface area (Å²) >= 11 is 13.8. The molecule has 22 heavy (non-hydrogen) atoms. The van der Waals surface area contributed by atoms with E-state index in [9.17, 15) is 4.79 Å². The zero-order chi connectivity index (χ0) is 16.4. The molecule has 0 unspecified atom stereocenters. The van der Waals surface area contributed by atoms with Gasteiger partial charge in [0.1, 0.15) is 5.82 Å². The van der Waals surface area contributed by atoms with Gasteiger partial charge in [-0.3, -0.25) is 4.79 Å². The first-order valence-electron chi connectivity index (χ1n) is 7.04. The summed E-state index contributed by atoms with van der Waals surface area (Å²) in [4.78, 5) is 12.4. The molecule has 1 heterocycles. The van der Waals surface area contributed by atoms with Gasteiger partial charge in [-0.05, 0) is 31.7 Å². The van der Waals surface area contributed by atoms with Crippen LogP contribution in [-0.4, -0.2) is 33.6 Å². The second kappa shape index (κ2) is 7.13. The van der Waals surface area contributed by atoms with Gasteiger partial charge < -0.3 is 5.73 Å². The Morgan fingerprint density at radius 2 is 1.95 bits per heavy atom. The summed E-state index contributed by atoms with van der Waals surface area (Å²) in [5.74, 6) is 1.09. The van der Waals surface area contributed by atoms with Gasteiger partial charge in [0.05, 0.1) is 0 Å². The summed E-state index contributed by atoms with van der Waals surface area (Å²) in [5.41, 5.74) is 7.75. The number of rotatable bonds is 3. The number of carbonyl (C=O) groups is 1. The number of thioether (sulfide) groups is 1. The van der Waals surface area contributed by atoms with E-state index in [1.54, 1.807) is 18.2 Å². The number of benzene rings is 1. The van der Waals surface area contributed by atoms with Crippen LogP contribution in [0, 0.1) is 0 Å². The molecule has 0 spiro atoms. The Kier molecular flexibility index (Phi) is 5.66. The standard InChI is InChI=1S/C15H19Cl2N3OS/c1-4-22-15(21)20-14(18)10(8-19(20)9(2)3)13-11(16)6-5-7-12(13)17/h5-7,9H,4,8,18H2,1-3H3. The van der Waals surface area contributed by atoms with Crippen LogP contribution >= 0.6 is 35.0 Å². The largest absolute Gasteiger partial charge is 0.384 e. The normalized spacial score (nSPS) is 16.0. The topological polar surface area (TPSA) is 49.6 Å². The lowest BCUT2D eigenvalue weighted by molar-refractivity contribution is 0.0550. The van der Waals surface area contributed by atoms with Gasteiger partial charge in [0, 0.05) is 33.8 Å². The Morgan fingerprint density at radius 1 is 1.36 bits per heavy atom. The molecule has 0 radical (unpaired) electrons. The van der Waals surface area contributed by atoms with Crippen molar-refractivity contribution in [3.8, 4) is 0 Å². The molecule has 120 valence electrons. The molecule has 0 aromatic heterocycles. The summed E-state index contributed by atoms with van der Waals surface area (Å²) in [6.07, 6.45) is 0. The van der Waals surface area contributed by atoms with Crippen LogP contribution in [0.3, 0.4) is 0 Å². The number of nitrogens with zero attached hydrogens (tertiary/aromatic N) is 2. The molecule has 1 aromatic rings. The minimum absolute atomic E-state index is 0.0909. The first-order chi connectivity index (χ1) is 10.4. The summed E-state index contributed by atoms with van der Waals surface area (Å²) in [7, 11) is 0. The first-order valence-corrected chi connectivity index (χ1v) is 8.79. The summed E-state index contributed by atoms with van der Waals surface area (Å²) in [5, 5.41) is 4.44. The number of hydrogen-bond donors (Lipinski definition) is 1. The highest BCUT2D eigenvalue weighted by Gasteiger charge is 2.36.